The fraction of sp³-hybridized carbons (Fsp3) is 0.250. The monoisotopic (exact) mass is 334 g/mol. The first kappa shape index (κ1) is 14.8. The number of fused-ring (bicyclic) bond motifs is 1. The van der Waals surface area contributed by atoms with Crippen molar-refractivity contribution >= 4 is 44.9 Å². The van der Waals surface area contributed by atoms with Crippen LogP contribution in [-0.2, 0) is 6.42 Å². The number of nitrogens with zero attached hydrogens (tertiary/aromatic N) is 2. The van der Waals surface area contributed by atoms with Gasteiger partial charge in [0.25, 0.3) is 0 Å². The lowest BCUT2D eigenvalue weighted by molar-refractivity contribution is 0.744. The van der Waals surface area contributed by atoms with Crippen LogP contribution in [-0.4, -0.2) is 16.2 Å². The van der Waals surface area contributed by atoms with Crippen LogP contribution in [0.2, 0.25) is 5.02 Å². The van der Waals surface area contributed by atoms with Gasteiger partial charge < -0.3 is 0 Å². The summed E-state index contributed by atoms with van der Waals surface area (Å²) < 4.78 is 0. The van der Waals surface area contributed by atoms with E-state index >= 15 is 0 Å². The molecule has 108 valence electrons. The minimum atomic E-state index is 0.398. The van der Waals surface area contributed by atoms with E-state index < -0.39 is 0 Å². The number of benzene rings is 1. The van der Waals surface area contributed by atoms with Crippen molar-refractivity contribution in [3.05, 3.63) is 52.3 Å². The summed E-state index contributed by atoms with van der Waals surface area (Å²) in [4.78, 5) is 11.0. The average molecular weight is 335 g/mol. The number of hydrogen-bond donors (Lipinski definition) is 0. The topological polar surface area (TPSA) is 25.8 Å². The summed E-state index contributed by atoms with van der Waals surface area (Å²) in [6.45, 7) is 2.22. The van der Waals surface area contributed by atoms with Crippen LogP contribution in [0.3, 0.4) is 0 Å². The maximum atomic E-state index is 6.27. The molecular formula is C16H15ClN2S2. The van der Waals surface area contributed by atoms with E-state index in [1.165, 1.54) is 10.5 Å². The van der Waals surface area contributed by atoms with Gasteiger partial charge in [0, 0.05) is 10.3 Å². The van der Waals surface area contributed by atoms with Gasteiger partial charge in [-0.05, 0) is 36.3 Å². The average Bonchev–Trinajstić information content (AvgIpc) is 2.90. The summed E-state index contributed by atoms with van der Waals surface area (Å²) in [5.74, 6) is 0.398. The lowest BCUT2D eigenvalue weighted by atomic mass is 9.95. The Morgan fingerprint density at radius 1 is 1.24 bits per heavy atom. The quantitative estimate of drug-likeness (QED) is 0.596. The highest BCUT2D eigenvalue weighted by atomic mass is 35.5. The molecule has 0 amide bonds. The largest absolute Gasteiger partial charge is 0.241 e. The maximum absolute atomic E-state index is 6.27. The molecule has 0 radical (unpaired) electrons. The lowest BCUT2D eigenvalue weighted by Gasteiger charge is -2.12. The van der Waals surface area contributed by atoms with Gasteiger partial charge in [0.1, 0.15) is 11.2 Å². The number of aromatic nitrogens is 2. The zero-order valence-corrected chi connectivity index (χ0v) is 14.2. The second-order valence-corrected chi connectivity index (χ2v) is 7.11. The Labute approximate surface area is 137 Å². The predicted molar refractivity (Wildman–Crippen MR) is 92.8 cm³/mol. The molecule has 0 aliphatic heterocycles. The van der Waals surface area contributed by atoms with Crippen LogP contribution in [0.25, 0.3) is 10.2 Å². The van der Waals surface area contributed by atoms with Gasteiger partial charge >= 0.3 is 0 Å². The summed E-state index contributed by atoms with van der Waals surface area (Å²) in [5.41, 5.74) is 2.36. The summed E-state index contributed by atoms with van der Waals surface area (Å²) in [6.07, 6.45) is 4.59. The Morgan fingerprint density at radius 2 is 2.00 bits per heavy atom. The Hall–Kier alpha value is -1.10. The fourth-order valence-corrected chi connectivity index (χ4v) is 3.98. The van der Waals surface area contributed by atoms with E-state index in [2.05, 4.69) is 47.4 Å². The van der Waals surface area contributed by atoms with Crippen molar-refractivity contribution in [2.24, 2.45) is 0 Å². The van der Waals surface area contributed by atoms with Crippen molar-refractivity contribution in [1.82, 2.24) is 9.97 Å². The van der Waals surface area contributed by atoms with Crippen LogP contribution in [0.5, 0.6) is 0 Å². The molecule has 3 rings (SSSR count). The van der Waals surface area contributed by atoms with Crippen molar-refractivity contribution in [3.8, 4) is 0 Å². The van der Waals surface area contributed by atoms with Gasteiger partial charge in [0.05, 0.1) is 16.1 Å². The predicted octanol–water partition coefficient (Wildman–Crippen LogP) is 5.41. The molecule has 2 nitrogen and oxygen atoms in total. The molecule has 0 spiro atoms. The molecule has 21 heavy (non-hydrogen) atoms. The second-order valence-electron chi connectivity index (χ2n) is 4.96. The van der Waals surface area contributed by atoms with Crippen LogP contribution >= 0.6 is 34.7 Å². The molecule has 0 saturated carbocycles. The lowest BCUT2D eigenvalue weighted by Crippen LogP contribution is -2.01. The highest BCUT2D eigenvalue weighted by Crippen LogP contribution is 2.32. The van der Waals surface area contributed by atoms with Gasteiger partial charge in [0.2, 0.25) is 0 Å². The van der Waals surface area contributed by atoms with E-state index in [1.807, 2.05) is 5.38 Å². The molecule has 0 bridgehead atoms. The molecule has 0 fully saturated rings. The zero-order chi connectivity index (χ0) is 14.8. The minimum absolute atomic E-state index is 0.398. The van der Waals surface area contributed by atoms with E-state index in [-0.39, 0.29) is 0 Å². The Morgan fingerprint density at radius 3 is 2.71 bits per heavy atom. The zero-order valence-electron chi connectivity index (χ0n) is 11.8. The summed E-state index contributed by atoms with van der Waals surface area (Å²) in [6, 6.07) is 8.74. The number of rotatable bonds is 4. The van der Waals surface area contributed by atoms with Crippen molar-refractivity contribution in [1.29, 1.82) is 0 Å². The van der Waals surface area contributed by atoms with E-state index in [0.29, 0.717) is 5.92 Å². The van der Waals surface area contributed by atoms with Gasteiger partial charge in [0.15, 0.2) is 0 Å². The van der Waals surface area contributed by atoms with Crippen LogP contribution in [0.4, 0.5) is 0 Å². The molecule has 1 aromatic carbocycles. The van der Waals surface area contributed by atoms with Gasteiger partial charge in [-0.25, -0.2) is 9.97 Å². The smallest absolute Gasteiger partial charge is 0.128 e. The molecule has 0 unspecified atom stereocenters. The van der Waals surface area contributed by atoms with Crippen molar-refractivity contribution in [3.63, 3.8) is 0 Å². The standard InChI is InChI=1S/C16H15ClN2S2/c1-10(11-3-5-12(20-2)6-4-11)7-14-15-13(17)8-21-16(15)19-9-18-14/h3-6,8-10H,7H2,1-2H3/t10-/m0/s1. The Kier molecular flexibility index (Phi) is 4.48. The van der Waals surface area contributed by atoms with Gasteiger partial charge in [-0.3, -0.25) is 0 Å². The van der Waals surface area contributed by atoms with Gasteiger partial charge in [-0.15, -0.1) is 23.1 Å². The summed E-state index contributed by atoms with van der Waals surface area (Å²) >= 11 is 9.61. The van der Waals surface area contributed by atoms with E-state index in [0.717, 1.165) is 27.4 Å². The molecule has 2 aromatic heterocycles. The third kappa shape index (κ3) is 3.07. The number of thiophene rings is 1. The Balaban J connectivity index is 1.88. The molecular weight excluding hydrogens is 320 g/mol. The second kappa shape index (κ2) is 6.34. The van der Waals surface area contributed by atoms with Gasteiger partial charge in [-0.2, -0.15) is 0 Å². The molecule has 0 N–H and O–H groups in total. The number of hydrogen-bond acceptors (Lipinski definition) is 4. The van der Waals surface area contributed by atoms with E-state index in [9.17, 15) is 0 Å². The van der Waals surface area contributed by atoms with Crippen LogP contribution in [0.15, 0.2) is 40.9 Å². The van der Waals surface area contributed by atoms with Crippen LogP contribution in [0, 0.1) is 0 Å². The van der Waals surface area contributed by atoms with Crippen molar-refractivity contribution < 1.29 is 0 Å². The van der Waals surface area contributed by atoms with E-state index in [1.54, 1.807) is 29.4 Å². The maximum Gasteiger partial charge on any atom is 0.128 e. The highest BCUT2D eigenvalue weighted by molar-refractivity contribution is 7.98. The molecule has 0 saturated heterocycles. The number of thioether (sulfide) groups is 1. The molecule has 5 heteroatoms. The number of halogens is 1. The molecule has 2 heterocycles. The highest BCUT2D eigenvalue weighted by Gasteiger charge is 2.14. The Bertz CT molecular complexity index is 753. The molecule has 0 aliphatic rings. The summed E-state index contributed by atoms with van der Waals surface area (Å²) in [5, 5.41) is 3.70. The van der Waals surface area contributed by atoms with Crippen molar-refractivity contribution in [2.75, 3.05) is 6.26 Å². The molecule has 0 aliphatic carbocycles. The summed E-state index contributed by atoms with van der Waals surface area (Å²) in [7, 11) is 0. The van der Waals surface area contributed by atoms with Gasteiger partial charge in [-0.1, -0.05) is 30.7 Å². The van der Waals surface area contributed by atoms with Crippen LogP contribution in [0.1, 0.15) is 24.1 Å². The van der Waals surface area contributed by atoms with Crippen molar-refractivity contribution in [2.45, 2.75) is 24.2 Å². The first-order valence-corrected chi connectivity index (χ1v) is 9.18. The minimum Gasteiger partial charge on any atom is -0.241 e. The van der Waals surface area contributed by atoms with E-state index in [4.69, 9.17) is 11.6 Å². The SMILES string of the molecule is CSc1ccc([C@@H](C)Cc2ncnc3scc(Cl)c23)cc1. The molecule has 1 atom stereocenters. The fourth-order valence-electron chi connectivity index (χ4n) is 2.39. The first-order valence-electron chi connectivity index (χ1n) is 6.69. The molecule has 3 aromatic rings. The van der Waals surface area contributed by atoms with Crippen LogP contribution < -0.4 is 0 Å². The normalized spacial score (nSPS) is 12.7. The third-order valence-electron chi connectivity index (χ3n) is 3.59. The first-order chi connectivity index (χ1) is 10.2. The third-order valence-corrected chi connectivity index (χ3v) is 5.65.